The first kappa shape index (κ1) is 13.7. The Morgan fingerprint density at radius 1 is 1.50 bits per heavy atom. The number of rotatable bonds is 3. The van der Waals surface area contributed by atoms with Crippen LogP contribution in [0.5, 0.6) is 5.75 Å². The minimum atomic E-state index is -0.479. The van der Waals surface area contributed by atoms with Gasteiger partial charge < -0.3 is 10.8 Å². The molecule has 1 rings (SSSR count). The first-order chi connectivity index (χ1) is 6.16. The normalized spacial score (nSPS) is 11.9. The van der Waals surface area contributed by atoms with Gasteiger partial charge in [-0.3, -0.25) is 4.39 Å². The molecule has 0 saturated carbocycles. The Morgan fingerprint density at radius 3 is 2.71 bits per heavy atom. The zero-order valence-electron chi connectivity index (χ0n) is 7.41. The van der Waals surface area contributed by atoms with E-state index in [1.165, 1.54) is 0 Å². The van der Waals surface area contributed by atoms with E-state index in [-0.39, 0.29) is 24.6 Å². The van der Waals surface area contributed by atoms with Gasteiger partial charge in [-0.2, -0.15) is 0 Å². The van der Waals surface area contributed by atoms with Crippen molar-refractivity contribution in [3.05, 3.63) is 28.2 Å². The highest BCUT2D eigenvalue weighted by molar-refractivity contribution is 9.10. The molecular formula is C9H12BrClFNO. The minimum Gasteiger partial charge on any atom is -0.506 e. The molecule has 80 valence electrons. The quantitative estimate of drug-likeness (QED) is 0.896. The number of alkyl halides is 1. The lowest BCUT2D eigenvalue weighted by Crippen LogP contribution is -2.11. The van der Waals surface area contributed by atoms with Gasteiger partial charge in [0, 0.05) is 11.6 Å². The monoisotopic (exact) mass is 283 g/mol. The standard InChI is InChI=1S/C9H11BrFNO.ClH/c10-7-3-1-2-6(9(7)13)8(12)4-5-11;/h1-3,8,13H,4-5,12H2;1H/t8-;/m0./s1. The van der Waals surface area contributed by atoms with E-state index in [2.05, 4.69) is 15.9 Å². The Bertz CT molecular complexity index is 298. The van der Waals surface area contributed by atoms with E-state index < -0.39 is 12.7 Å². The molecule has 0 heterocycles. The van der Waals surface area contributed by atoms with E-state index >= 15 is 0 Å². The molecule has 0 aliphatic rings. The Kier molecular flexibility index (Phi) is 6.08. The van der Waals surface area contributed by atoms with Crippen LogP contribution in [0.2, 0.25) is 0 Å². The number of hydrogen-bond donors (Lipinski definition) is 2. The van der Waals surface area contributed by atoms with E-state index in [4.69, 9.17) is 5.73 Å². The molecule has 0 spiro atoms. The lowest BCUT2D eigenvalue weighted by atomic mass is 10.0. The number of halogens is 3. The molecule has 1 aromatic rings. The summed E-state index contributed by atoms with van der Waals surface area (Å²) in [5.74, 6) is 0.100. The van der Waals surface area contributed by atoms with Gasteiger partial charge in [-0.1, -0.05) is 12.1 Å². The molecule has 1 atom stereocenters. The molecule has 0 amide bonds. The smallest absolute Gasteiger partial charge is 0.134 e. The summed E-state index contributed by atoms with van der Waals surface area (Å²) in [6.45, 7) is -0.479. The van der Waals surface area contributed by atoms with Crippen molar-refractivity contribution in [1.29, 1.82) is 0 Å². The molecule has 0 saturated heterocycles. The van der Waals surface area contributed by atoms with Crippen LogP contribution in [-0.4, -0.2) is 11.8 Å². The summed E-state index contributed by atoms with van der Waals surface area (Å²) in [4.78, 5) is 0. The highest BCUT2D eigenvalue weighted by Gasteiger charge is 2.11. The van der Waals surface area contributed by atoms with Crippen LogP contribution in [0.3, 0.4) is 0 Å². The number of phenolic OH excluding ortho intramolecular Hbond substituents is 1. The summed E-state index contributed by atoms with van der Waals surface area (Å²) in [6, 6.07) is 4.72. The predicted octanol–water partition coefficient (Wildman–Crippen LogP) is 2.94. The first-order valence-corrected chi connectivity index (χ1v) is 4.75. The second kappa shape index (κ2) is 6.22. The van der Waals surface area contributed by atoms with E-state index in [0.29, 0.717) is 10.0 Å². The van der Waals surface area contributed by atoms with Gasteiger partial charge in [0.1, 0.15) is 5.75 Å². The lowest BCUT2D eigenvalue weighted by Gasteiger charge is -2.12. The zero-order valence-corrected chi connectivity index (χ0v) is 9.81. The lowest BCUT2D eigenvalue weighted by molar-refractivity contribution is 0.423. The van der Waals surface area contributed by atoms with Crippen molar-refractivity contribution in [2.24, 2.45) is 5.73 Å². The van der Waals surface area contributed by atoms with E-state index in [1.807, 2.05) is 0 Å². The third-order valence-corrected chi connectivity index (χ3v) is 2.48. The maximum Gasteiger partial charge on any atom is 0.134 e. The Labute approximate surface area is 96.8 Å². The summed E-state index contributed by atoms with van der Waals surface area (Å²) in [6.07, 6.45) is 0.226. The third kappa shape index (κ3) is 3.12. The van der Waals surface area contributed by atoms with Crippen LogP contribution in [0, 0.1) is 0 Å². The number of phenols is 1. The maximum absolute atomic E-state index is 12.0. The molecule has 3 N–H and O–H groups in total. The topological polar surface area (TPSA) is 46.2 Å². The minimum absolute atomic E-state index is 0. The second-order valence-electron chi connectivity index (χ2n) is 2.76. The molecule has 0 bridgehead atoms. The highest BCUT2D eigenvalue weighted by Crippen LogP contribution is 2.31. The molecule has 1 aromatic carbocycles. The van der Waals surface area contributed by atoms with Crippen LogP contribution in [0.1, 0.15) is 18.0 Å². The molecule has 0 unspecified atom stereocenters. The van der Waals surface area contributed by atoms with Crippen LogP contribution in [-0.2, 0) is 0 Å². The van der Waals surface area contributed by atoms with Gasteiger partial charge in [0.15, 0.2) is 0 Å². The van der Waals surface area contributed by atoms with Gasteiger partial charge in [0.05, 0.1) is 11.1 Å². The van der Waals surface area contributed by atoms with Crippen molar-refractivity contribution in [1.82, 2.24) is 0 Å². The van der Waals surface area contributed by atoms with Gasteiger partial charge in [0.25, 0.3) is 0 Å². The fraction of sp³-hybridized carbons (Fsp3) is 0.333. The van der Waals surface area contributed by atoms with Crippen LogP contribution in [0.25, 0.3) is 0 Å². The number of hydrogen-bond acceptors (Lipinski definition) is 2. The van der Waals surface area contributed by atoms with Crippen molar-refractivity contribution < 1.29 is 9.50 Å². The third-order valence-electron chi connectivity index (χ3n) is 1.84. The Morgan fingerprint density at radius 2 is 2.14 bits per heavy atom. The van der Waals surface area contributed by atoms with Gasteiger partial charge in [-0.25, -0.2) is 0 Å². The number of benzene rings is 1. The van der Waals surface area contributed by atoms with E-state index in [0.717, 1.165) is 0 Å². The predicted molar refractivity (Wildman–Crippen MR) is 60.6 cm³/mol. The summed E-state index contributed by atoms with van der Waals surface area (Å²) in [5, 5.41) is 9.55. The van der Waals surface area contributed by atoms with Crippen LogP contribution < -0.4 is 5.73 Å². The maximum atomic E-state index is 12.0. The molecular weight excluding hydrogens is 272 g/mol. The molecule has 2 nitrogen and oxygen atoms in total. The highest BCUT2D eigenvalue weighted by atomic mass is 79.9. The zero-order chi connectivity index (χ0) is 9.84. The largest absolute Gasteiger partial charge is 0.506 e. The van der Waals surface area contributed by atoms with Crippen molar-refractivity contribution in [2.75, 3.05) is 6.67 Å². The summed E-state index contributed by atoms with van der Waals surface area (Å²) in [7, 11) is 0. The molecule has 0 radical (unpaired) electrons. The van der Waals surface area contributed by atoms with E-state index in [1.54, 1.807) is 18.2 Å². The molecule has 14 heavy (non-hydrogen) atoms. The van der Waals surface area contributed by atoms with Crippen molar-refractivity contribution in [2.45, 2.75) is 12.5 Å². The van der Waals surface area contributed by atoms with Gasteiger partial charge in [-0.05, 0) is 28.4 Å². The average Bonchev–Trinajstić information content (AvgIpc) is 2.10. The second-order valence-corrected chi connectivity index (χ2v) is 3.62. The SMILES string of the molecule is Cl.N[C@@H](CCF)c1cccc(Br)c1O. The van der Waals surface area contributed by atoms with Crippen LogP contribution in [0.15, 0.2) is 22.7 Å². The Balaban J connectivity index is 0.00000169. The molecule has 5 heteroatoms. The number of para-hydroxylation sites is 1. The van der Waals surface area contributed by atoms with E-state index in [9.17, 15) is 9.50 Å². The van der Waals surface area contributed by atoms with Gasteiger partial charge in [0.2, 0.25) is 0 Å². The van der Waals surface area contributed by atoms with Crippen molar-refractivity contribution in [3.8, 4) is 5.75 Å². The van der Waals surface area contributed by atoms with Crippen molar-refractivity contribution in [3.63, 3.8) is 0 Å². The van der Waals surface area contributed by atoms with Crippen LogP contribution in [0.4, 0.5) is 4.39 Å². The molecule has 0 aliphatic carbocycles. The van der Waals surface area contributed by atoms with Gasteiger partial charge >= 0.3 is 0 Å². The van der Waals surface area contributed by atoms with Gasteiger partial charge in [-0.15, -0.1) is 12.4 Å². The van der Waals surface area contributed by atoms with Crippen molar-refractivity contribution >= 4 is 28.3 Å². The number of aromatic hydroxyl groups is 1. The molecule has 0 aromatic heterocycles. The summed E-state index contributed by atoms with van der Waals surface area (Å²) < 4.78 is 12.6. The molecule has 0 fully saturated rings. The number of nitrogens with two attached hydrogens (primary N) is 1. The fourth-order valence-electron chi connectivity index (χ4n) is 1.10. The Hall–Kier alpha value is -0.320. The fourth-order valence-corrected chi connectivity index (χ4v) is 1.49. The summed E-state index contributed by atoms with van der Waals surface area (Å²) >= 11 is 3.17. The average molecular weight is 285 g/mol. The first-order valence-electron chi connectivity index (χ1n) is 3.95. The van der Waals surface area contributed by atoms with Crippen LogP contribution >= 0.6 is 28.3 Å². The molecule has 0 aliphatic heterocycles. The summed E-state index contributed by atoms with van der Waals surface area (Å²) in [5.41, 5.74) is 6.23.